The van der Waals surface area contributed by atoms with Crippen LogP contribution in [-0.4, -0.2) is 46.9 Å². The molecule has 136 valence electrons. The van der Waals surface area contributed by atoms with Crippen molar-refractivity contribution in [1.82, 2.24) is 20.0 Å². The standard InChI is InChI=1S/C18H21FN6O/c1-13-14(12-22-23(13)2)11-21-18(26)25-8-6-24(7-9-25)17-5-3-4-16(19)15(17)10-20/h3-5,12H,6-9,11H2,1-2H3,(H,21,26). The minimum absolute atomic E-state index is 0.0532. The Morgan fingerprint density at radius 2 is 2.08 bits per heavy atom. The van der Waals surface area contributed by atoms with E-state index in [4.69, 9.17) is 0 Å². The lowest BCUT2D eigenvalue weighted by atomic mass is 10.1. The van der Waals surface area contributed by atoms with Gasteiger partial charge < -0.3 is 15.1 Å². The summed E-state index contributed by atoms with van der Waals surface area (Å²) in [6.07, 6.45) is 1.75. The predicted molar refractivity (Wildman–Crippen MR) is 95.1 cm³/mol. The molecule has 8 heteroatoms. The highest BCUT2D eigenvalue weighted by atomic mass is 19.1. The van der Waals surface area contributed by atoms with Crippen molar-refractivity contribution in [2.45, 2.75) is 13.5 Å². The Kier molecular flexibility index (Phi) is 5.07. The minimum Gasteiger partial charge on any atom is -0.367 e. The summed E-state index contributed by atoms with van der Waals surface area (Å²) in [4.78, 5) is 16.0. The van der Waals surface area contributed by atoms with E-state index in [2.05, 4.69) is 10.4 Å². The number of nitrogens with one attached hydrogen (secondary N) is 1. The molecule has 3 rings (SSSR count). The van der Waals surface area contributed by atoms with Crippen LogP contribution in [0.5, 0.6) is 0 Å². The number of urea groups is 1. The summed E-state index contributed by atoms with van der Waals surface area (Å²) in [5, 5.41) is 16.2. The van der Waals surface area contributed by atoms with Gasteiger partial charge in [0.05, 0.1) is 11.9 Å². The number of halogens is 1. The van der Waals surface area contributed by atoms with Gasteiger partial charge in [0.15, 0.2) is 0 Å². The Morgan fingerprint density at radius 3 is 2.69 bits per heavy atom. The summed E-state index contributed by atoms with van der Waals surface area (Å²) in [5.74, 6) is -0.517. The molecule has 1 aromatic heterocycles. The van der Waals surface area contributed by atoms with Crippen LogP contribution in [0.3, 0.4) is 0 Å². The number of hydrogen-bond acceptors (Lipinski definition) is 4. The van der Waals surface area contributed by atoms with Gasteiger partial charge in [0.2, 0.25) is 0 Å². The molecule has 1 aliphatic rings. The quantitative estimate of drug-likeness (QED) is 0.909. The van der Waals surface area contributed by atoms with Crippen LogP contribution in [0.15, 0.2) is 24.4 Å². The number of hydrogen-bond donors (Lipinski definition) is 1. The van der Waals surface area contributed by atoms with Gasteiger partial charge in [-0.2, -0.15) is 10.4 Å². The molecule has 0 spiro atoms. The van der Waals surface area contributed by atoms with E-state index in [0.29, 0.717) is 38.4 Å². The van der Waals surface area contributed by atoms with Crippen LogP contribution in [0.4, 0.5) is 14.9 Å². The molecule has 26 heavy (non-hydrogen) atoms. The monoisotopic (exact) mass is 356 g/mol. The van der Waals surface area contributed by atoms with E-state index >= 15 is 0 Å². The Balaban J connectivity index is 1.57. The van der Waals surface area contributed by atoms with Crippen molar-refractivity contribution in [2.75, 3.05) is 31.1 Å². The zero-order valence-corrected chi connectivity index (χ0v) is 14.9. The van der Waals surface area contributed by atoms with E-state index < -0.39 is 5.82 Å². The molecular weight excluding hydrogens is 335 g/mol. The van der Waals surface area contributed by atoms with Gasteiger partial charge in [0, 0.05) is 51.0 Å². The molecule has 1 fully saturated rings. The van der Waals surface area contributed by atoms with Gasteiger partial charge in [-0.1, -0.05) is 6.07 Å². The highest BCUT2D eigenvalue weighted by Gasteiger charge is 2.23. The highest BCUT2D eigenvalue weighted by Crippen LogP contribution is 2.23. The third-order valence-corrected chi connectivity index (χ3v) is 4.78. The van der Waals surface area contributed by atoms with Gasteiger partial charge in [-0.15, -0.1) is 0 Å². The molecule has 1 saturated heterocycles. The molecule has 0 aliphatic carbocycles. The molecule has 2 heterocycles. The van der Waals surface area contributed by atoms with Gasteiger partial charge in [0.1, 0.15) is 17.4 Å². The number of aromatic nitrogens is 2. The van der Waals surface area contributed by atoms with Crippen molar-refractivity contribution < 1.29 is 9.18 Å². The van der Waals surface area contributed by atoms with Crippen molar-refractivity contribution in [3.63, 3.8) is 0 Å². The summed E-state index contributed by atoms with van der Waals surface area (Å²) in [5.41, 5.74) is 2.64. The number of carbonyl (C=O) groups excluding carboxylic acids is 1. The molecular formula is C18H21FN6O. The fourth-order valence-electron chi connectivity index (χ4n) is 3.04. The topological polar surface area (TPSA) is 77.2 Å². The Labute approximate surface area is 151 Å². The Morgan fingerprint density at radius 1 is 1.35 bits per heavy atom. The molecule has 2 amide bonds. The van der Waals surface area contributed by atoms with Crippen LogP contribution >= 0.6 is 0 Å². The van der Waals surface area contributed by atoms with Crippen LogP contribution < -0.4 is 10.2 Å². The first-order chi connectivity index (χ1) is 12.5. The van der Waals surface area contributed by atoms with Crippen molar-refractivity contribution in [2.24, 2.45) is 7.05 Å². The SMILES string of the molecule is Cc1c(CNC(=O)N2CCN(c3cccc(F)c3C#N)CC2)cnn1C. The first-order valence-electron chi connectivity index (χ1n) is 8.45. The maximum Gasteiger partial charge on any atom is 0.317 e. The first kappa shape index (κ1) is 17.7. The number of benzene rings is 1. The Bertz CT molecular complexity index is 848. The fourth-order valence-corrected chi connectivity index (χ4v) is 3.04. The number of carbonyl (C=O) groups is 1. The van der Waals surface area contributed by atoms with Crippen molar-refractivity contribution in [3.05, 3.63) is 47.0 Å². The van der Waals surface area contributed by atoms with E-state index in [0.717, 1.165) is 11.3 Å². The number of amides is 2. The molecule has 0 unspecified atom stereocenters. The molecule has 1 aromatic carbocycles. The van der Waals surface area contributed by atoms with E-state index in [-0.39, 0.29) is 11.6 Å². The number of piperazine rings is 1. The van der Waals surface area contributed by atoms with E-state index in [1.807, 2.05) is 24.9 Å². The largest absolute Gasteiger partial charge is 0.367 e. The van der Waals surface area contributed by atoms with Gasteiger partial charge in [0.25, 0.3) is 0 Å². The zero-order chi connectivity index (χ0) is 18.7. The lowest BCUT2D eigenvalue weighted by molar-refractivity contribution is 0.194. The molecule has 1 aliphatic heterocycles. The first-order valence-corrected chi connectivity index (χ1v) is 8.45. The summed E-state index contributed by atoms with van der Waals surface area (Å²) >= 11 is 0. The van der Waals surface area contributed by atoms with E-state index in [9.17, 15) is 14.4 Å². The molecule has 1 N–H and O–H groups in total. The maximum atomic E-state index is 13.8. The minimum atomic E-state index is -0.517. The van der Waals surface area contributed by atoms with Gasteiger partial charge >= 0.3 is 6.03 Å². The Hall–Kier alpha value is -3.08. The second-order valence-electron chi connectivity index (χ2n) is 6.26. The number of aryl methyl sites for hydroxylation is 1. The van der Waals surface area contributed by atoms with Crippen LogP contribution in [0.25, 0.3) is 0 Å². The molecule has 0 atom stereocenters. The normalized spacial score (nSPS) is 14.2. The molecule has 0 radical (unpaired) electrons. The van der Waals surface area contributed by atoms with Crippen LogP contribution in [0.1, 0.15) is 16.8 Å². The number of nitrogens with zero attached hydrogens (tertiary/aromatic N) is 5. The van der Waals surface area contributed by atoms with Crippen molar-refractivity contribution >= 4 is 11.7 Å². The van der Waals surface area contributed by atoms with E-state index in [1.54, 1.807) is 27.9 Å². The number of anilines is 1. The lowest BCUT2D eigenvalue weighted by Crippen LogP contribution is -2.51. The summed E-state index contributed by atoms with van der Waals surface area (Å²) in [7, 11) is 1.86. The van der Waals surface area contributed by atoms with Crippen LogP contribution in [0, 0.1) is 24.1 Å². The molecule has 0 saturated carbocycles. The van der Waals surface area contributed by atoms with Crippen LogP contribution in [0.2, 0.25) is 0 Å². The molecule has 2 aromatic rings. The number of rotatable bonds is 3. The van der Waals surface area contributed by atoms with Gasteiger partial charge in [-0.05, 0) is 19.1 Å². The van der Waals surface area contributed by atoms with Crippen molar-refractivity contribution in [3.8, 4) is 6.07 Å². The average Bonchev–Trinajstić information content (AvgIpc) is 2.98. The van der Waals surface area contributed by atoms with E-state index in [1.165, 1.54) is 6.07 Å². The predicted octanol–water partition coefficient (Wildman–Crippen LogP) is 1.77. The third-order valence-electron chi connectivity index (χ3n) is 4.78. The maximum absolute atomic E-state index is 13.8. The van der Waals surface area contributed by atoms with Gasteiger partial charge in [-0.3, -0.25) is 4.68 Å². The zero-order valence-electron chi connectivity index (χ0n) is 14.9. The van der Waals surface area contributed by atoms with Crippen LogP contribution in [-0.2, 0) is 13.6 Å². The highest BCUT2D eigenvalue weighted by molar-refractivity contribution is 5.74. The third kappa shape index (κ3) is 3.47. The second kappa shape index (κ2) is 7.44. The number of nitriles is 1. The van der Waals surface area contributed by atoms with Gasteiger partial charge in [-0.25, -0.2) is 9.18 Å². The molecule has 7 nitrogen and oxygen atoms in total. The fraction of sp³-hybridized carbons (Fsp3) is 0.389. The van der Waals surface area contributed by atoms with Crippen molar-refractivity contribution in [1.29, 1.82) is 5.26 Å². The lowest BCUT2D eigenvalue weighted by Gasteiger charge is -2.36. The summed E-state index contributed by atoms with van der Waals surface area (Å²) < 4.78 is 15.5. The summed E-state index contributed by atoms with van der Waals surface area (Å²) in [6.45, 7) is 4.52. The second-order valence-corrected chi connectivity index (χ2v) is 6.26. The molecule has 0 bridgehead atoms. The summed E-state index contributed by atoms with van der Waals surface area (Å²) in [6, 6.07) is 6.41. The smallest absolute Gasteiger partial charge is 0.317 e. The average molecular weight is 356 g/mol.